The maximum Gasteiger partial charge on any atom is 0.254 e. The predicted molar refractivity (Wildman–Crippen MR) is 116 cm³/mol. The molecule has 3 rings (SSSR count). The van der Waals surface area contributed by atoms with Gasteiger partial charge >= 0.3 is 0 Å². The maximum absolute atomic E-state index is 13.1. The second-order valence-electron chi connectivity index (χ2n) is 7.95. The Morgan fingerprint density at radius 3 is 2.55 bits per heavy atom. The summed E-state index contributed by atoms with van der Waals surface area (Å²) in [5.41, 5.74) is 0.563. The molecule has 0 bridgehead atoms. The molecule has 0 spiro atoms. The number of nitrogens with zero attached hydrogens (tertiary/aromatic N) is 3. The molecule has 0 aromatic heterocycles. The molecule has 6 nitrogen and oxygen atoms in total. The van der Waals surface area contributed by atoms with E-state index >= 15 is 0 Å². The number of likely N-dealkylation sites (tertiary alicyclic amines) is 1. The SMILES string of the molecule is CCCOc1c(Cl)cc(C(=O)N2CCN(C3CCCN(C)C3)CC2)cc1OCC. The van der Waals surface area contributed by atoms with Gasteiger partial charge in [0.15, 0.2) is 11.5 Å². The van der Waals surface area contributed by atoms with Gasteiger partial charge in [0.1, 0.15) is 0 Å². The summed E-state index contributed by atoms with van der Waals surface area (Å²) < 4.78 is 11.5. The molecule has 0 aliphatic carbocycles. The highest BCUT2D eigenvalue weighted by molar-refractivity contribution is 6.32. The number of piperazine rings is 1. The average Bonchev–Trinajstić information content (AvgIpc) is 2.73. The fourth-order valence-corrected chi connectivity index (χ4v) is 4.47. The molecule has 1 aromatic rings. The van der Waals surface area contributed by atoms with E-state index in [-0.39, 0.29) is 5.91 Å². The Kier molecular flexibility index (Phi) is 8.04. The van der Waals surface area contributed by atoms with Crippen LogP contribution < -0.4 is 9.47 Å². The first-order valence-electron chi connectivity index (χ1n) is 10.8. The molecule has 1 atom stereocenters. The molecule has 1 amide bonds. The van der Waals surface area contributed by atoms with Gasteiger partial charge in [-0.1, -0.05) is 18.5 Å². The zero-order valence-corrected chi connectivity index (χ0v) is 18.7. The number of piperidine rings is 1. The van der Waals surface area contributed by atoms with Crippen molar-refractivity contribution < 1.29 is 14.3 Å². The quantitative estimate of drug-likeness (QED) is 0.672. The number of amides is 1. The second kappa shape index (κ2) is 10.5. The van der Waals surface area contributed by atoms with Gasteiger partial charge < -0.3 is 19.3 Å². The Labute approximate surface area is 179 Å². The molecule has 0 N–H and O–H groups in total. The minimum atomic E-state index is 0.00954. The van der Waals surface area contributed by atoms with Crippen molar-refractivity contribution in [2.24, 2.45) is 0 Å². The minimum absolute atomic E-state index is 0.00954. The Morgan fingerprint density at radius 1 is 1.14 bits per heavy atom. The van der Waals surface area contributed by atoms with Crippen molar-refractivity contribution in [3.8, 4) is 11.5 Å². The second-order valence-corrected chi connectivity index (χ2v) is 8.36. The smallest absolute Gasteiger partial charge is 0.254 e. The van der Waals surface area contributed by atoms with Crippen LogP contribution in [0.4, 0.5) is 0 Å². The normalized spacial score (nSPS) is 21.2. The van der Waals surface area contributed by atoms with Crippen LogP contribution in [0.3, 0.4) is 0 Å². The van der Waals surface area contributed by atoms with Gasteiger partial charge in [-0.25, -0.2) is 0 Å². The molecular formula is C22H34ClN3O3. The van der Waals surface area contributed by atoms with E-state index in [2.05, 4.69) is 16.8 Å². The lowest BCUT2D eigenvalue weighted by Crippen LogP contribution is -2.55. The van der Waals surface area contributed by atoms with Gasteiger partial charge in [-0.15, -0.1) is 0 Å². The topological polar surface area (TPSA) is 45.2 Å². The fraction of sp³-hybridized carbons (Fsp3) is 0.682. The third-order valence-corrected chi connectivity index (χ3v) is 6.01. The van der Waals surface area contributed by atoms with Crippen LogP contribution in [0.5, 0.6) is 11.5 Å². The molecule has 2 saturated heterocycles. The zero-order chi connectivity index (χ0) is 20.8. The first kappa shape index (κ1) is 22.2. The molecule has 2 aliphatic heterocycles. The van der Waals surface area contributed by atoms with E-state index in [0.717, 1.165) is 39.1 Å². The van der Waals surface area contributed by atoms with Crippen molar-refractivity contribution in [3.05, 3.63) is 22.7 Å². The van der Waals surface area contributed by atoms with Crippen molar-refractivity contribution >= 4 is 17.5 Å². The molecule has 2 heterocycles. The van der Waals surface area contributed by atoms with Gasteiger partial charge in [0.2, 0.25) is 0 Å². The number of benzene rings is 1. The fourth-order valence-electron chi connectivity index (χ4n) is 4.21. The number of rotatable bonds is 7. The van der Waals surface area contributed by atoms with E-state index in [4.69, 9.17) is 21.1 Å². The largest absolute Gasteiger partial charge is 0.490 e. The molecule has 162 valence electrons. The lowest BCUT2D eigenvalue weighted by atomic mass is 10.0. The first-order valence-corrected chi connectivity index (χ1v) is 11.2. The monoisotopic (exact) mass is 423 g/mol. The predicted octanol–water partition coefficient (Wildman–Crippen LogP) is 3.38. The summed E-state index contributed by atoms with van der Waals surface area (Å²) in [4.78, 5) is 20.0. The molecule has 0 radical (unpaired) electrons. The van der Waals surface area contributed by atoms with Gasteiger partial charge in [0, 0.05) is 44.3 Å². The molecule has 1 aromatic carbocycles. The van der Waals surface area contributed by atoms with Crippen LogP contribution in [0.15, 0.2) is 12.1 Å². The Balaban J connectivity index is 1.65. The number of carbonyl (C=O) groups is 1. The highest BCUT2D eigenvalue weighted by Gasteiger charge is 2.29. The summed E-state index contributed by atoms with van der Waals surface area (Å²) in [5, 5.41) is 0.427. The van der Waals surface area contributed by atoms with Gasteiger partial charge in [0.25, 0.3) is 5.91 Å². The number of likely N-dealkylation sites (N-methyl/N-ethyl adjacent to an activating group) is 1. The average molecular weight is 424 g/mol. The number of carbonyl (C=O) groups excluding carboxylic acids is 1. The van der Waals surface area contributed by atoms with Gasteiger partial charge in [0.05, 0.1) is 18.2 Å². The number of hydrogen-bond acceptors (Lipinski definition) is 5. The van der Waals surface area contributed by atoms with Crippen molar-refractivity contribution in [1.82, 2.24) is 14.7 Å². The van der Waals surface area contributed by atoms with Crippen LogP contribution in [-0.2, 0) is 0 Å². The molecule has 29 heavy (non-hydrogen) atoms. The van der Waals surface area contributed by atoms with Crippen LogP contribution >= 0.6 is 11.6 Å². The standard InChI is InChI=1S/C22H34ClN3O3/c1-4-13-29-21-19(23)14-17(15-20(21)28-5-2)22(27)26-11-9-25(10-12-26)18-7-6-8-24(3)16-18/h14-15,18H,4-13,16H2,1-3H3. The van der Waals surface area contributed by atoms with E-state index in [0.29, 0.717) is 41.3 Å². The Bertz CT molecular complexity index is 692. The van der Waals surface area contributed by atoms with Crippen LogP contribution in [0, 0.1) is 0 Å². The Hall–Kier alpha value is -1.50. The first-order chi connectivity index (χ1) is 14.0. The highest BCUT2D eigenvalue weighted by atomic mass is 35.5. The van der Waals surface area contributed by atoms with Crippen molar-refractivity contribution in [3.63, 3.8) is 0 Å². The van der Waals surface area contributed by atoms with Crippen LogP contribution in [0.25, 0.3) is 0 Å². The highest BCUT2D eigenvalue weighted by Crippen LogP contribution is 2.37. The molecular weight excluding hydrogens is 390 g/mol. The van der Waals surface area contributed by atoms with Gasteiger partial charge in [-0.05, 0) is 51.9 Å². The lowest BCUT2D eigenvalue weighted by molar-refractivity contribution is 0.0452. The minimum Gasteiger partial charge on any atom is -0.490 e. The van der Waals surface area contributed by atoms with Crippen molar-refractivity contribution in [2.75, 3.05) is 59.5 Å². The number of ether oxygens (including phenoxy) is 2. The van der Waals surface area contributed by atoms with Crippen LogP contribution in [-0.4, -0.2) is 86.2 Å². The van der Waals surface area contributed by atoms with E-state index in [1.165, 1.54) is 19.4 Å². The van der Waals surface area contributed by atoms with Crippen LogP contribution in [0.2, 0.25) is 5.02 Å². The van der Waals surface area contributed by atoms with Crippen molar-refractivity contribution in [1.29, 1.82) is 0 Å². The van der Waals surface area contributed by atoms with Gasteiger partial charge in [-0.2, -0.15) is 0 Å². The third kappa shape index (κ3) is 5.56. The summed E-state index contributed by atoms with van der Waals surface area (Å²) in [5.74, 6) is 1.08. The Morgan fingerprint density at radius 2 is 1.90 bits per heavy atom. The van der Waals surface area contributed by atoms with Crippen LogP contribution in [0.1, 0.15) is 43.5 Å². The molecule has 0 saturated carbocycles. The maximum atomic E-state index is 13.1. The zero-order valence-electron chi connectivity index (χ0n) is 18.0. The van der Waals surface area contributed by atoms with E-state index in [1.807, 2.05) is 18.7 Å². The van der Waals surface area contributed by atoms with Crippen molar-refractivity contribution in [2.45, 2.75) is 39.2 Å². The van der Waals surface area contributed by atoms with E-state index < -0.39 is 0 Å². The number of halogens is 1. The molecule has 2 aliphatic rings. The molecule has 2 fully saturated rings. The summed E-state index contributed by atoms with van der Waals surface area (Å²) in [6, 6.07) is 4.09. The summed E-state index contributed by atoms with van der Waals surface area (Å²) >= 11 is 6.44. The molecule has 1 unspecified atom stereocenters. The number of hydrogen-bond donors (Lipinski definition) is 0. The summed E-state index contributed by atoms with van der Waals surface area (Å²) in [7, 11) is 2.19. The summed E-state index contributed by atoms with van der Waals surface area (Å²) in [6.07, 6.45) is 3.39. The third-order valence-electron chi connectivity index (χ3n) is 5.72. The molecule has 7 heteroatoms. The van der Waals surface area contributed by atoms with E-state index in [9.17, 15) is 4.79 Å². The lowest BCUT2D eigenvalue weighted by Gasteiger charge is -2.42. The van der Waals surface area contributed by atoms with Gasteiger partial charge in [-0.3, -0.25) is 9.69 Å². The van der Waals surface area contributed by atoms with E-state index in [1.54, 1.807) is 12.1 Å². The summed E-state index contributed by atoms with van der Waals surface area (Å²) in [6.45, 7) is 10.7.